The summed E-state index contributed by atoms with van der Waals surface area (Å²) >= 11 is 0. The first-order valence-electron chi connectivity index (χ1n) is 9.50. The molecule has 24 heavy (non-hydrogen) atoms. The summed E-state index contributed by atoms with van der Waals surface area (Å²) in [6.45, 7) is 8.85. The van der Waals surface area contributed by atoms with Crippen molar-refractivity contribution in [3.63, 3.8) is 0 Å². The van der Waals surface area contributed by atoms with Crippen LogP contribution in [-0.2, 0) is 9.53 Å². The number of nitrogens with zero attached hydrogens (tertiary/aromatic N) is 1. The van der Waals surface area contributed by atoms with Gasteiger partial charge in [0.1, 0.15) is 11.5 Å². The lowest BCUT2D eigenvalue weighted by atomic mass is 9.58. The summed E-state index contributed by atoms with van der Waals surface area (Å²) in [6, 6.07) is 0. The predicted octanol–water partition coefficient (Wildman–Crippen LogP) is 1.46. The molecule has 5 nitrogen and oxygen atoms in total. The van der Waals surface area contributed by atoms with E-state index in [9.17, 15) is 9.90 Å². The van der Waals surface area contributed by atoms with Gasteiger partial charge in [0.25, 0.3) is 0 Å². The van der Waals surface area contributed by atoms with Crippen molar-refractivity contribution in [3.05, 3.63) is 11.1 Å². The first kappa shape index (κ1) is 16.6. The smallest absolute Gasteiger partial charge is 0.314 e. The number of carbonyl (C=O) groups excluding carboxylic acids is 1. The van der Waals surface area contributed by atoms with Crippen LogP contribution < -0.4 is 5.32 Å². The third-order valence-corrected chi connectivity index (χ3v) is 6.96. The number of piperazine rings is 1. The van der Waals surface area contributed by atoms with E-state index in [2.05, 4.69) is 24.1 Å². The van der Waals surface area contributed by atoms with Crippen molar-refractivity contribution in [2.75, 3.05) is 32.7 Å². The third kappa shape index (κ3) is 2.44. The Bertz CT molecular complexity index is 569. The molecule has 4 unspecified atom stereocenters. The van der Waals surface area contributed by atoms with Crippen LogP contribution >= 0.6 is 0 Å². The normalized spacial score (nSPS) is 43.4. The van der Waals surface area contributed by atoms with Crippen molar-refractivity contribution < 1.29 is 14.6 Å². The molecule has 0 amide bonds. The van der Waals surface area contributed by atoms with Crippen LogP contribution in [0.2, 0.25) is 0 Å². The zero-order chi connectivity index (χ0) is 16.9. The molecular formula is C19H30N2O3. The number of rotatable bonds is 2. The van der Waals surface area contributed by atoms with Crippen LogP contribution in [-0.4, -0.2) is 60.4 Å². The fourth-order valence-electron chi connectivity index (χ4n) is 5.49. The second-order valence-electron chi connectivity index (χ2n) is 8.52. The highest BCUT2D eigenvalue weighted by Crippen LogP contribution is 2.57. The zero-order valence-corrected chi connectivity index (χ0v) is 14.9. The minimum atomic E-state index is -1.02. The molecule has 2 N–H and O–H groups in total. The highest BCUT2D eigenvalue weighted by atomic mass is 16.6. The molecule has 0 aromatic heterocycles. The number of nitrogens with one attached hydrogen (secondary N) is 1. The van der Waals surface area contributed by atoms with E-state index in [4.69, 9.17) is 4.74 Å². The van der Waals surface area contributed by atoms with Crippen molar-refractivity contribution in [1.29, 1.82) is 0 Å². The summed E-state index contributed by atoms with van der Waals surface area (Å²) in [5.74, 6) is -0.608. The number of allylic oxidation sites excluding steroid dienone is 1. The standard InChI is InChI=1S/C19H30N2O3/c1-13-4-3-5-18(2)6-7-19(23)14(12-21-10-8-20-9-11-21)17(22)24-16(19)15(13)18/h14,16,20,23H,3-12H2,1-2H3. The maximum absolute atomic E-state index is 12.7. The van der Waals surface area contributed by atoms with Crippen molar-refractivity contribution in [2.45, 2.75) is 57.7 Å². The number of hydrogen-bond donors (Lipinski definition) is 2. The molecule has 0 radical (unpaired) electrons. The molecule has 134 valence electrons. The van der Waals surface area contributed by atoms with Gasteiger partial charge in [0.15, 0.2) is 6.10 Å². The van der Waals surface area contributed by atoms with Gasteiger partial charge < -0.3 is 15.2 Å². The van der Waals surface area contributed by atoms with Gasteiger partial charge in [-0.2, -0.15) is 0 Å². The Hall–Kier alpha value is -0.910. The van der Waals surface area contributed by atoms with Gasteiger partial charge in [-0.3, -0.25) is 9.69 Å². The number of hydrogen-bond acceptors (Lipinski definition) is 5. The van der Waals surface area contributed by atoms with Crippen LogP contribution in [0.4, 0.5) is 0 Å². The topological polar surface area (TPSA) is 61.8 Å². The van der Waals surface area contributed by atoms with Gasteiger partial charge in [-0.05, 0) is 50.0 Å². The maximum Gasteiger partial charge on any atom is 0.314 e. The summed E-state index contributed by atoms with van der Waals surface area (Å²) in [5, 5.41) is 14.9. The highest BCUT2D eigenvalue weighted by molar-refractivity contribution is 5.78. The van der Waals surface area contributed by atoms with E-state index in [1.807, 2.05) is 0 Å². The Labute approximate surface area is 144 Å². The lowest BCUT2D eigenvalue weighted by Crippen LogP contribution is -2.56. The van der Waals surface area contributed by atoms with Gasteiger partial charge in [-0.1, -0.05) is 12.5 Å². The molecule has 2 heterocycles. The zero-order valence-electron chi connectivity index (χ0n) is 14.9. The molecule has 2 aliphatic carbocycles. The van der Waals surface area contributed by atoms with E-state index in [0.717, 1.165) is 45.4 Å². The molecule has 3 fully saturated rings. The van der Waals surface area contributed by atoms with Crippen LogP contribution in [0.3, 0.4) is 0 Å². The fraction of sp³-hybridized carbons (Fsp3) is 0.842. The largest absolute Gasteiger partial charge is 0.454 e. The number of ether oxygens (including phenoxy) is 1. The average Bonchev–Trinajstić information content (AvgIpc) is 2.80. The quantitative estimate of drug-likeness (QED) is 0.591. The van der Waals surface area contributed by atoms with Gasteiger partial charge in [-0.15, -0.1) is 0 Å². The molecule has 4 atom stereocenters. The van der Waals surface area contributed by atoms with E-state index in [0.29, 0.717) is 13.0 Å². The van der Waals surface area contributed by atoms with Gasteiger partial charge in [0.05, 0.1) is 0 Å². The summed E-state index contributed by atoms with van der Waals surface area (Å²) in [7, 11) is 0. The Kier molecular flexibility index (Phi) is 4.01. The van der Waals surface area contributed by atoms with Crippen LogP contribution in [0.25, 0.3) is 0 Å². The van der Waals surface area contributed by atoms with E-state index < -0.39 is 17.6 Å². The van der Waals surface area contributed by atoms with Crippen LogP contribution in [0.5, 0.6) is 0 Å². The second kappa shape index (κ2) is 5.82. The Morgan fingerprint density at radius 2 is 2.04 bits per heavy atom. The first-order chi connectivity index (χ1) is 11.4. The van der Waals surface area contributed by atoms with E-state index in [1.165, 1.54) is 17.6 Å². The number of aliphatic hydroxyl groups is 1. The summed E-state index contributed by atoms with van der Waals surface area (Å²) in [4.78, 5) is 14.9. The maximum atomic E-state index is 12.7. The monoisotopic (exact) mass is 334 g/mol. The van der Waals surface area contributed by atoms with E-state index in [1.54, 1.807) is 0 Å². The molecule has 5 heteroatoms. The number of esters is 1. The van der Waals surface area contributed by atoms with Crippen molar-refractivity contribution in [1.82, 2.24) is 10.2 Å². The predicted molar refractivity (Wildman–Crippen MR) is 91.5 cm³/mol. The Balaban J connectivity index is 1.63. The lowest BCUT2D eigenvalue weighted by molar-refractivity contribution is -0.144. The molecule has 1 saturated carbocycles. The van der Waals surface area contributed by atoms with Crippen molar-refractivity contribution in [3.8, 4) is 0 Å². The molecular weight excluding hydrogens is 304 g/mol. The Morgan fingerprint density at radius 1 is 1.29 bits per heavy atom. The first-order valence-corrected chi connectivity index (χ1v) is 9.50. The molecule has 4 aliphatic rings. The Morgan fingerprint density at radius 3 is 2.79 bits per heavy atom. The van der Waals surface area contributed by atoms with Crippen molar-refractivity contribution >= 4 is 5.97 Å². The number of fused-ring (bicyclic) bond motifs is 3. The molecule has 2 aliphatic heterocycles. The highest BCUT2D eigenvalue weighted by Gasteiger charge is 2.63. The molecule has 0 aromatic carbocycles. The fourth-order valence-corrected chi connectivity index (χ4v) is 5.49. The SMILES string of the molecule is CC1=C2C3OC(=O)C(CN4CCNCC4)C3(O)CCC2(C)CCC1. The minimum Gasteiger partial charge on any atom is -0.454 e. The molecule has 4 rings (SSSR count). The van der Waals surface area contributed by atoms with Gasteiger partial charge in [0, 0.05) is 32.7 Å². The lowest BCUT2D eigenvalue weighted by Gasteiger charge is -2.49. The molecule has 2 saturated heterocycles. The summed E-state index contributed by atoms with van der Waals surface area (Å²) < 4.78 is 5.84. The van der Waals surface area contributed by atoms with Gasteiger partial charge >= 0.3 is 5.97 Å². The molecule has 0 bridgehead atoms. The van der Waals surface area contributed by atoms with Crippen LogP contribution in [0.15, 0.2) is 11.1 Å². The molecule has 0 aromatic rings. The minimum absolute atomic E-state index is 0.101. The van der Waals surface area contributed by atoms with Crippen molar-refractivity contribution in [2.24, 2.45) is 11.3 Å². The van der Waals surface area contributed by atoms with E-state index >= 15 is 0 Å². The average molecular weight is 334 g/mol. The van der Waals surface area contributed by atoms with E-state index in [-0.39, 0.29) is 11.4 Å². The van der Waals surface area contributed by atoms with Crippen LogP contribution in [0, 0.1) is 11.3 Å². The summed E-state index contributed by atoms with van der Waals surface area (Å²) in [6.07, 6.45) is 4.63. The number of carbonyl (C=O) groups is 1. The molecule has 0 spiro atoms. The van der Waals surface area contributed by atoms with Gasteiger partial charge in [0.2, 0.25) is 0 Å². The summed E-state index contributed by atoms with van der Waals surface area (Å²) in [5.41, 5.74) is 1.65. The van der Waals surface area contributed by atoms with Crippen LogP contribution in [0.1, 0.15) is 46.0 Å². The third-order valence-electron chi connectivity index (χ3n) is 6.96. The van der Waals surface area contributed by atoms with Gasteiger partial charge in [-0.25, -0.2) is 0 Å². The second-order valence-corrected chi connectivity index (χ2v) is 8.52.